The maximum atomic E-state index is 15.7. The zero-order valence-corrected chi connectivity index (χ0v) is 42.3. The molecule has 0 unspecified atom stereocenters. The van der Waals surface area contributed by atoms with E-state index >= 15 is 17.6 Å². The van der Waals surface area contributed by atoms with Crippen LogP contribution in [0.3, 0.4) is 0 Å². The van der Waals surface area contributed by atoms with Crippen LogP contribution in [0.5, 0.6) is 0 Å². The van der Waals surface area contributed by atoms with Crippen molar-refractivity contribution in [3.63, 3.8) is 0 Å². The van der Waals surface area contributed by atoms with E-state index in [0.29, 0.717) is 22.7 Å². The van der Waals surface area contributed by atoms with Crippen LogP contribution in [0.2, 0.25) is 0 Å². The van der Waals surface area contributed by atoms with Crippen molar-refractivity contribution in [3.05, 3.63) is 262 Å². The Bertz CT molecular complexity index is 4040. The summed E-state index contributed by atoms with van der Waals surface area (Å²) in [5.41, 5.74) is 13.5. The standard InChI is InChI=1S/C66H44F4N2S2/c1-37-13-9-15-47-49-17-11-23-59(63(49)73-61(37)47)71(45-31-39(67)29-40(68)32-45)43-25-27-53-51(35-43)52-36-44(26-28-54(52)66(53)57-21-7-5-19-55(57)65(3,4)56-20-6-8-22-58(56)66)72(46-33-41(69)30-42(70)34-46)60-24-12-18-50-48-16-10-14-38(2)62(48)74-64(50)60/h5-36H,1-4H3. The van der Waals surface area contributed by atoms with Gasteiger partial charge in [-0.25, -0.2) is 17.6 Å². The molecule has 1 spiro atoms. The van der Waals surface area contributed by atoms with E-state index in [2.05, 4.69) is 161 Å². The number of nitrogens with zero attached hydrogens (tertiary/aromatic N) is 2. The van der Waals surface area contributed by atoms with Crippen molar-refractivity contribution in [2.24, 2.45) is 0 Å². The number of benzene rings is 10. The Morgan fingerprint density at radius 1 is 0.338 bits per heavy atom. The largest absolute Gasteiger partial charge is 0.309 e. The zero-order valence-electron chi connectivity index (χ0n) is 40.7. The van der Waals surface area contributed by atoms with Gasteiger partial charge in [-0.2, -0.15) is 0 Å². The first kappa shape index (κ1) is 44.6. The predicted octanol–water partition coefficient (Wildman–Crippen LogP) is 19.5. The van der Waals surface area contributed by atoms with Crippen LogP contribution >= 0.6 is 22.7 Å². The first-order valence-electron chi connectivity index (χ1n) is 24.7. The molecular formula is C66H44F4N2S2. The molecule has 12 aromatic rings. The Labute approximate surface area is 433 Å². The maximum Gasteiger partial charge on any atom is 0.128 e. The van der Waals surface area contributed by atoms with Crippen molar-refractivity contribution < 1.29 is 17.6 Å². The van der Waals surface area contributed by atoms with Crippen LogP contribution in [0.25, 0.3) is 51.5 Å². The number of hydrogen-bond acceptors (Lipinski definition) is 4. The smallest absolute Gasteiger partial charge is 0.128 e. The number of rotatable bonds is 6. The fourth-order valence-electron chi connectivity index (χ4n) is 12.6. The van der Waals surface area contributed by atoms with Crippen LogP contribution in [-0.4, -0.2) is 0 Å². The molecule has 0 atom stereocenters. The Balaban J connectivity index is 1.08. The molecule has 2 aliphatic carbocycles. The van der Waals surface area contributed by atoms with Gasteiger partial charge in [-0.05, 0) is 130 Å². The first-order chi connectivity index (χ1) is 35.9. The second kappa shape index (κ2) is 16.2. The highest BCUT2D eigenvalue weighted by Gasteiger charge is 2.53. The van der Waals surface area contributed by atoms with Crippen molar-refractivity contribution in [1.29, 1.82) is 0 Å². The highest BCUT2D eigenvalue weighted by atomic mass is 32.1. The van der Waals surface area contributed by atoms with Gasteiger partial charge in [-0.1, -0.05) is 135 Å². The molecule has 74 heavy (non-hydrogen) atoms. The van der Waals surface area contributed by atoms with E-state index in [0.717, 1.165) is 108 Å². The molecule has 8 heteroatoms. The van der Waals surface area contributed by atoms with Gasteiger partial charge >= 0.3 is 0 Å². The van der Waals surface area contributed by atoms with E-state index < -0.39 is 28.7 Å². The Kier molecular flexibility index (Phi) is 9.79. The Morgan fingerprint density at radius 2 is 0.703 bits per heavy atom. The minimum absolute atomic E-state index is 0.340. The molecule has 358 valence electrons. The first-order valence-corrected chi connectivity index (χ1v) is 26.4. The highest BCUT2D eigenvalue weighted by Crippen LogP contribution is 2.64. The van der Waals surface area contributed by atoms with E-state index in [4.69, 9.17) is 0 Å². The summed E-state index contributed by atoms with van der Waals surface area (Å²) in [6.45, 7) is 8.80. The summed E-state index contributed by atoms with van der Waals surface area (Å²) in [6, 6.07) is 62.7. The zero-order chi connectivity index (χ0) is 50.4. The molecule has 14 rings (SSSR count). The lowest BCUT2D eigenvalue weighted by molar-refractivity contribution is 0.563. The van der Waals surface area contributed by atoms with Crippen LogP contribution in [0.1, 0.15) is 58.4 Å². The van der Waals surface area contributed by atoms with Gasteiger partial charge in [0.05, 0.1) is 37.6 Å². The summed E-state index contributed by atoms with van der Waals surface area (Å²) in [7, 11) is 0. The quantitative estimate of drug-likeness (QED) is 0.153. The molecule has 2 aliphatic rings. The molecular weight excluding hydrogens is 961 g/mol. The minimum Gasteiger partial charge on any atom is -0.309 e. The van der Waals surface area contributed by atoms with Crippen LogP contribution in [0, 0.1) is 37.1 Å². The summed E-state index contributed by atoms with van der Waals surface area (Å²) in [6.07, 6.45) is 0. The van der Waals surface area contributed by atoms with Crippen molar-refractivity contribution >= 4 is 97.1 Å². The van der Waals surface area contributed by atoms with Gasteiger partial charge in [0.1, 0.15) is 23.3 Å². The van der Waals surface area contributed by atoms with Gasteiger partial charge in [0.15, 0.2) is 0 Å². The van der Waals surface area contributed by atoms with Crippen molar-refractivity contribution in [2.45, 2.75) is 38.5 Å². The lowest BCUT2D eigenvalue weighted by Gasteiger charge is -2.46. The second-order valence-electron chi connectivity index (χ2n) is 20.3. The van der Waals surface area contributed by atoms with Gasteiger partial charge in [-0.3, -0.25) is 0 Å². The molecule has 2 nitrogen and oxygen atoms in total. The number of thiophene rings is 2. The molecule has 0 amide bonds. The van der Waals surface area contributed by atoms with Crippen LogP contribution in [-0.2, 0) is 10.8 Å². The normalized spacial score (nSPS) is 13.9. The highest BCUT2D eigenvalue weighted by molar-refractivity contribution is 7.27. The van der Waals surface area contributed by atoms with Crippen LogP contribution in [0.15, 0.2) is 194 Å². The van der Waals surface area contributed by atoms with E-state index in [1.165, 1.54) is 35.4 Å². The number of halogens is 4. The minimum atomic E-state index is -0.804. The van der Waals surface area contributed by atoms with E-state index in [-0.39, 0.29) is 5.41 Å². The fraction of sp³-hybridized carbons (Fsp3) is 0.0909. The number of fused-ring (bicyclic) bond motifs is 15. The predicted molar refractivity (Wildman–Crippen MR) is 300 cm³/mol. The molecule has 0 N–H and O–H groups in total. The summed E-state index contributed by atoms with van der Waals surface area (Å²) in [4.78, 5) is 3.96. The topological polar surface area (TPSA) is 6.48 Å². The number of anilines is 6. The van der Waals surface area contributed by atoms with Crippen molar-refractivity contribution in [1.82, 2.24) is 0 Å². The average Bonchev–Trinajstić information content (AvgIpc) is 4.16. The molecule has 0 aliphatic heterocycles. The third kappa shape index (κ3) is 6.34. The molecule has 10 aromatic carbocycles. The number of aryl methyl sites for hydroxylation is 2. The van der Waals surface area contributed by atoms with Gasteiger partial charge in [0.2, 0.25) is 0 Å². The van der Waals surface area contributed by atoms with Gasteiger partial charge in [-0.15, -0.1) is 22.7 Å². The summed E-state index contributed by atoms with van der Waals surface area (Å²) in [5, 5.41) is 4.35. The third-order valence-corrected chi connectivity index (χ3v) is 18.5. The molecule has 0 fully saturated rings. The molecule has 0 radical (unpaired) electrons. The number of hydrogen-bond donors (Lipinski definition) is 0. The molecule has 0 saturated carbocycles. The SMILES string of the molecule is Cc1cccc2c1sc1c(N(c3cc(F)cc(F)c3)c3ccc4c(c3)-c3cc(N(c5cc(F)cc(F)c5)c5cccc6c5sc5c(C)cccc56)ccc3C43c4ccccc4C(C)(C)c4ccccc43)cccc12. The van der Waals surface area contributed by atoms with E-state index in [9.17, 15) is 0 Å². The lowest BCUT2D eigenvalue weighted by Crippen LogP contribution is -2.40. The van der Waals surface area contributed by atoms with Crippen LogP contribution in [0.4, 0.5) is 51.7 Å². The van der Waals surface area contributed by atoms with Gasteiger partial charge in [0, 0.05) is 59.9 Å². The molecule has 0 saturated heterocycles. The van der Waals surface area contributed by atoms with E-state index in [1.54, 1.807) is 22.7 Å². The molecule has 0 bridgehead atoms. The van der Waals surface area contributed by atoms with Crippen LogP contribution < -0.4 is 9.80 Å². The van der Waals surface area contributed by atoms with Crippen molar-refractivity contribution in [2.75, 3.05) is 9.80 Å². The average molecular weight is 1010 g/mol. The Morgan fingerprint density at radius 3 is 1.11 bits per heavy atom. The van der Waals surface area contributed by atoms with Gasteiger partial charge < -0.3 is 9.80 Å². The summed E-state index contributed by atoms with van der Waals surface area (Å²) in [5.74, 6) is -2.74. The fourth-order valence-corrected chi connectivity index (χ4v) is 15.2. The lowest BCUT2D eigenvalue weighted by atomic mass is 9.55. The van der Waals surface area contributed by atoms with Gasteiger partial charge in [0.25, 0.3) is 0 Å². The van der Waals surface area contributed by atoms with E-state index in [1.807, 2.05) is 34.1 Å². The maximum absolute atomic E-state index is 15.7. The Hall–Kier alpha value is -8.04. The monoisotopic (exact) mass is 1000 g/mol. The molecule has 2 heterocycles. The summed E-state index contributed by atoms with van der Waals surface area (Å²) >= 11 is 3.35. The third-order valence-electron chi connectivity index (χ3n) is 15.7. The van der Waals surface area contributed by atoms with Crippen molar-refractivity contribution in [3.8, 4) is 11.1 Å². The summed E-state index contributed by atoms with van der Waals surface area (Å²) < 4.78 is 66.9. The second-order valence-corrected chi connectivity index (χ2v) is 22.3. The molecule has 2 aromatic heterocycles.